The van der Waals surface area contributed by atoms with E-state index in [1.165, 1.54) is 16.7 Å². The number of ether oxygens (including phenoxy) is 1. The Morgan fingerprint density at radius 3 is 2.65 bits per heavy atom. The summed E-state index contributed by atoms with van der Waals surface area (Å²) in [5.74, 6) is 0.602. The molecule has 0 radical (unpaired) electrons. The van der Waals surface area contributed by atoms with Gasteiger partial charge in [0.2, 0.25) is 11.8 Å². The van der Waals surface area contributed by atoms with E-state index in [4.69, 9.17) is 4.74 Å². The molecule has 0 bridgehead atoms. The molecule has 0 unspecified atom stereocenters. The Morgan fingerprint density at radius 1 is 1.15 bits per heavy atom. The van der Waals surface area contributed by atoms with Gasteiger partial charge in [0.05, 0.1) is 23.7 Å². The molecule has 0 saturated carbocycles. The van der Waals surface area contributed by atoms with Crippen molar-refractivity contribution in [1.82, 2.24) is 4.90 Å². The lowest BCUT2D eigenvalue weighted by Gasteiger charge is -2.28. The van der Waals surface area contributed by atoms with Crippen LogP contribution in [0.4, 0.5) is 5.69 Å². The predicted molar refractivity (Wildman–Crippen MR) is 105 cm³/mol. The van der Waals surface area contributed by atoms with Gasteiger partial charge in [0.1, 0.15) is 12.3 Å². The van der Waals surface area contributed by atoms with Crippen molar-refractivity contribution >= 4 is 35.0 Å². The Balaban J connectivity index is 1.76. The van der Waals surface area contributed by atoms with Crippen LogP contribution in [0.3, 0.4) is 0 Å². The summed E-state index contributed by atoms with van der Waals surface area (Å²) in [6.45, 7) is 2.36. The quantitative estimate of drug-likeness (QED) is 0.846. The van der Waals surface area contributed by atoms with Crippen LogP contribution in [0.5, 0.6) is 5.75 Å². The van der Waals surface area contributed by atoms with E-state index >= 15 is 0 Å². The molecule has 1 N–H and O–H groups in total. The second-order valence-corrected chi connectivity index (χ2v) is 6.50. The molecule has 0 aliphatic carbocycles. The van der Waals surface area contributed by atoms with Crippen LogP contribution >= 0.6 is 11.8 Å². The fraction of sp³-hybridized carbons (Fsp3) is 0.200. The summed E-state index contributed by atoms with van der Waals surface area (Å²) in [6, 6.07) is 16.9. The zero-order chi connectivity index (χ0) is 18.4. The molecule has 3 rings (SSSR count). The minimum Gasteiger partial charge on any atom is -0.492 e. The van der Waals surface area contributed by atoms with E-state index < -0.39 is 0 Å². The molecular formula is C20H20N2O3S. The van der Waals surface area contributed by atoms with Gasteiger partial charge in [-0.1, -0.05) is 42.5 Å². The van der Waals surface area contributed by atoms with Crippen LogP contribution in [0.25, 0.3) is 5.70 Å². The van der Waals surface area contributed by atoms with Gasteiger partial charge in [-0.05, 0) is 30.0 Å². The largest absolute Gasteiger partial charge is 0.492 e. The number of carbonyl (C=O) groups is 2. The number of amides is 2. The van der Waals surface area contributed by atoms with E-state index in [1.54, 1.807) is 12.1 Å². The smallest absolute Gasteiger partial charge is 0.244 e. The number of para-hydroxylation sites is 2. The molecule has 0 atom stereocenters. The lowest BCUT2D eigenvalue weighted by molar-refractivity contribution is -0.129. The molecule has 2 aromatic rings. The number of nitrogens with one attached hydrogen (secondary N) is 1. The lowest BCUT2D eigenvalue weighted by Crippen LogP contribution is -2.39. The normalized spacial score (nSPS) is 14.0. The van der Waals surface area contributed by atoms with Crippen LogP contribution in [0, 0.1) is 0 Å². The first kappa shape index (κ1) is 18.1. The van der Waals surface area contributed by atoms with Crippen molar-refractivity contribution in [2.24, 2.45) is 0 Å². The Morgan fingerprint density at radius 2 is 1.88 bits per heavy atom. The maximum absolute atomic E-state index is 12.6. The second-order valence-electron chi connectivity index (χ2n) is 5.64. The van der Waals surface area contributed by atoms with E-state index in [9.17, 15) is 9.59 Å². The Bertz CT molecular complexity index is 821. The van der Waals surface area contributed by atoms with Gasteiger partial charge in [0.15, 0.2) is 0 Å². The first-order chi connectivity index (χ1) is 12.7. The molecule has 6 heteroatoms. The van der Waals surface area contributed by atoms with Crippen LogP contribution in [-0.2, 0) is 9.59 Å². The fourth-order valence-electron chi connectivity index (χ4n) is 2.66. The molecule has 2 aromatic carbocycles. The van der Waals surface area contributed by atoms with Gasteiger partial charge in [0, 0.05) is 0 Å². The maximum Gasteiger partial charge on any atom is 0.244 e. The Kier molecular flexibility index (Phi) is 5.96. The molecule has 1 heterocycles. The van der Waals surface area contributed by atoms with Crippen molar-refractivity contribution in [2.75, 3.05) is 24.2 Å². The zero-order valence-electron chi connectivity index (χ0n) is 14.5. The second kappa shape index (κ2) is 8.58. The summed E-state index contributed by atoms with van der Waals surface area (Å²) in [5, 5.41) is 4.77. The Labute approximate surface area is 157 Å². The topological polar surface area (TPSA) is 58.6 Å². The molecule has 26 heavy (non-hydrogen) atoms. The predicted octanol–water partition coefficient (Wildman–Crippen LogP) is 3.60. The standard InChI is InChI=1S/C20H20N2O3S/c1-2-25-18-11-7-6-10-16(18)21-19(23)12-22-17(13-26-14-20(22)24)15-8-4-3-5-9-15/h3-11,13H,2,12,14H2,1H3,(H,21,23). The lowest BCUT2D eigenvalue weighted by atomic mass is 10.1. The summed E-state index contributed by atoms with van der Waals surface area (Å²) in [5.41, 5.74) is 2.26. The van der Waals surface area contributed by atoms with Crippen molar-refractivity contribution in [1.29, 1.82) is 0 Å². The molecule has 0 aromatic heterocycles. The van der Waals surface area contributed by atoms with Crippen LogP contribution in [0.2, 0.25) is 0 Å². The highest BCUT2D eigenvalue weighted by Gasteiger charge is 2.25. The van der Waals surface area contributed by atoms with Gasteiger partial charge < -0.3 is 15.0 Å². The number of carbonyl (C=O) groups excluding carboxylic acids is 2. The number of nitrogens with zero attached hydrogens (tertiary/aromatic N) is 1. The monoisotopic (exact) mass is 368 g/mol. The fourth-order valence-corrected chi connectivity index (χ4v) is 3.46. The highest BCUT2D eigenvalue weighted by molar-refractivity contribution is 8.03. The van der Waals surface area contributed by atoms with Crippen LogP contribution in [-0.4, -0.2) is 35.6 Å². The van der Waals surface area contributed by atoms with Crippen LogP contribution in [0.15, 0.2) is 60.0 Å². The van der Waals surface area contributed by atoms with E-state index in [1.807, 2.05) is 54.8 Å². The summed E-state index contributed by atoms with van der Waals surface area (Å²) >= 11 is 1.44. The average molecular weight is 368 g/mol. The molecular weight excluding hydrogens is 348 g/mol. The van der Waals surface area contributed by atoms with Crippen LogP contribution in [0.1, 0.15) is 12.5 Å². The minimum atomic E-state index is -0.265. The SMILES string of the molecule is CCOc1ccccc1NC(=O)CN1C(=O)CSC=C1c1ccccc1. The van der Waals surface area contributed by atoms with E-state index in [0.29, 0.717) is 23.8 Å². The molecule has 1 aliphatic heterocycles. The highest BCUT2D eigenvalue weighted by Crippen LogP contribution is 2.28. The molecule has 134 valence electrons. The first-order valence-corrected chi connectivity index (χ1v) is 9.43. The van der Waals surface area contributed by atoms with E-state index in [-0.39, 0.29) is 18.4 Å². The summed E-state index contributed by atoms with van der Waals surface area (Å²) in [6.07, 6.45) is 0. The Hall–Kier alpha value is -2.73. The number of rotatable bonds is 6. The average Bonchev–Trinajstić information content (AvgIpc) is 2.66. The summed E-state index contributed by atoms with van der Waals surface area (Å²) in [7, 11) is 0. The molecule has 1 aliphatic rings. The number of hydrogen-bond acceptors (Lipinski definition) is 4. The first-order valence-electron chi connectivity index (χ1n) is 8.38. The van der Waals surface area contributed by atoms with Gasteiger partial charge in [0.25, 0.3) is 0 Å². The number of anilines is 1. The third kappa shape index (κ3) is 4.26. The number of benzene rings is 2. The third-order valence-corrected chi connectivity index (χ3v) is 4.63. The number of thioether (sulfide) groups is 1. The van der Waals surface area contributed by atoms with Gasteiger partial charge in [-0.15, -0.1) is 11.8 Å². The van der Waals surface area contributed by atoms with E-state index in [2.05, 4.69) is 5.32 Å². The third-order valence-electron chi connectivity index (χ3n) is 3.83. The molecule has 0 fully saturated rings. The van der Waals surface area contributed by atoms with Crippen molar-refractivity contribution < 1.29 is 14.3 Å². The zero-order valence-corrected chi connectivity index (χ0v) is 15.3. The van der Waals surface area contributed by atoms with Crippen molar-refractivity contribution in [3.8, 4) is 5.75 Å². The summed E-state index contributed by atoms with van der Waals surface area (Å²) in [4.78, 5) is 26.5. The van der Waals surface area contributed by atoms with E-state index in [0.717, 1.165) is 11.3 Å². The molecule has 0 saturated heterocycles. The van der Waals surface area contributed by atoms with Gasteiger partial charge in [-0.2, -0.15) is 0 Å². The molecule has 5 nitrogen and oxygen atoms in total. The number of hydrogen-bond donors (Lipinski definition) is 1. The van der Waals surface area contributed by atoms with Crippen molar-refractivity contribution in [3.63, 3.8) is 0 Å². The van der Waals surface area contributed by atoms with Crippen molar-refractivity contribution in [2.45, 2.75) is 6.92 Å². The van der Waals surface area contributed by atoms with Gasteiger partial charge in [-0.25, -0.2) is 0 Å². The highest BCUT2D eigenvalue weighted by atomic mass is 32.2. The van der Waals surface area contributed by atoms with Gasteiger partial charge >= 0.3 is 0 Å². The molecule has 0 spiro atoms. The molecule has 2 amide bonds. The van der Waals surface area contributed by atoms with Crippen molar-refractivity contribution in [3.05, 3.63) is 65.6 Å². The van der Waals surface area contributed by atoms with Gasteiger partial charge in [-0.3, -0.25) is 9.59 Å². The maximum atomic E-state index is 12.6. The minimum absolute atomic E-state index is 0.0411. The van der Waals surface area contributed by atoms with Crippen LogP contribution < -0.4 is 10.1 Å². The summed E-state index contributed by atoms with van der Waals surface area (Å²) < 4.78 is 5.53.